The van der Waals surface area contributed by atoms with Crippen LogP contribution in [0, 0.1) is 0 Å². The first kappa shape index (κ1) is 18.9. The first-order valence-corrected chi connectivity index (χ1v) is 8.53. The fraction of sp³-hybridized carbons (Fsp3) is 0.500. The van der Waals surface area contributed by atoms with Crippen LogP contribution in [0.5, 0.6) is 0 Å². The molecule has 0 spiro atoms. The van der Waals surface area contributed by atoms with Crippen LogP contribution in [0.1, 0.15) is 24.9 Å². The molecule has 1 saturated heterocycles. The van der Waals surface area contributed by atoms with E-state index in [4.69, 9.17) is 23.2 Å². The Labute approximate surface area is 145 Å². The number of amides is 1. The van der Waals surface area contributed by atoms with Crippen molar-refractivity contribution in [2.75, 3.05) is 18.1 Å². The molecule has 3 nitrogen and oxygen atoms in total. The number of thioether (sulfide) groups is 1. The van der Waals surface area contributed by atoms with E-state index in [1.807, 2.05) is 24.8 Å². The Morgan fingerprint density at radius 1 is 1.52 bits per heavy atom. The van der Waals surface area contributed by atoms with Crippen molar-refractivity contribution in [3.8, 4) is 0 Å². The Kier molecular flexibility index (Phi) is 8.21. The van der Waals surface area contributed by atoms with Gasteiger partial charge in [0.25, 0.3) is 0 Å². The summed E-state index contributed by atoms with van der Waals surface area (Å²) in [6, 6.07) is 5.47. The number of rotatable bonds is 4. The van der Waals surface area contributed by atoms with E-state index in [2.05, 4.69) is 10.6 Å². The highest BCUT2D eigenvalue weighted by atomic mass is 35.5. The molecule has 118 valence electrons. The molecule has 1 amide bonds. The normalized spacial score (nSPS) is 19.5. The number of nitrogens with one attached hydrogen (secondary N) is 2. The number of hydrogen-bond donors (Lipinski definition) is 2. The zero-order valence-electron chi connectivity index (χ0n) is 11.7. The van der Waals surface area contributed by atoms with Gasteiger partial charge in [-0.3, -0.25) is 4.79 Å². The molecule has 1 aromatic rings. The molecule has 0 radical (unpaired) electrons. The van der Waals surface area contributed by atoms with E-state index < -0.39 is 0 Å². The standard InChI is InChI=1S/C14H18Cl2N2OS.ClH/c1-9(12-3-2-10(15)6-13(12)16)18-14(19)7-11-8-20-5-4-17-11;/h2-3,6,9,11,17H,4-5,7-8H2,1H3,(H,18,19);1H. The lowest BCUT2D eigenvalue weighted by Crippen LogP contribution is -2.41. The van der Waals surface area contributed by atoms with Crippen LogP contribution in [0.4, 0.5) is 0 Å². The second-order valence-corrected chi connectivity index (χ2v) is 6.88. The molecule has 2 rings (SSSR count). The van der Waals surface area contributed by atoms with E-state index in [1.54, 1.807) is 12.1 Å². The topological polar surface area (TPSA) is 41.1 Å². The zero-order valence-corrected chi connectivity index (χ0v) is 14.8. The van der Waals surface area contributed by atoms with E-state index in [-0.39, 0.29) is 30.4 Å². The van der Waals surface area contributed by atoms with Crippen LogP contribution in [-0.4, -0.2) is 30.0 Å². The van der Waals surface area contributed by atoms with Gasteiger partial charge in [0.1, 0.15) is 0 Å². The molecule has 0 bridgehead atoms. The van der Waals surface area contributed by atoms with Gasteiger partial charge >= 0.3 is 0 Å². The quantitative estimate of drug-likeness (QED) is 0.850. The Morgan fingerprint density at radius 2 is 2.29 bits per heavy atom. The van der Waals surface area contributed by atoms with Crippen LogP contribution in [0.2, 0.25) is 10.0 Å². The molecule has 1 aliphatic rings. The largest absolute Gasteiger partial charge is 0.349 e. The average Bonchev–Trinajstić information content (AvgIpc) is 2.39. The van der Waals surface area contributed by atoms with Crippen LogP contribution in [0.15, 0.2) is 18.2 Å². The molecule has 1 fully saturated rings. The third kappa shape index (κ3) is 5.87. The number of halogens is 3. The molecule has 21 heavy (non-hydrogen) atoms. The summed E-state index contributed by atoms with van der Waals surface area (Å²) in [5.74, 6) is 2.15. The first-order valence-electron chi connectivity index (χ1n) is 6.61. The molecule has 1 aliphatic heterocycles. The molecule has 0 aromatic heterocycles. The first-order chi connectivity index (χ1) is 9.56. The van der Waals surface area contributed by atoms with Crippen LogP contribution in [0.3, 0.4) is 0 Å². The molecule has 0 aliphatic carbocycles. The van der Waals surface area contributed by atoms with E-state index >= 15 is 0 Å². The number of carbonyl (C=O) groups excluding carboxylic acids is 1. The Bertz CT molecular complexity index is 481. The summed E-state index contributed by atoms with van der Waals surface area (Å²) in [5, 5.41) is 7.52. The van der Waals surface area contributed by atoms with Gasteiger partial charge in [-0.1, -0.05) is 29.3 Å². The smallest absolute Gasteiger partial charge is 0.222 e. The minimum absolute atomic E-state index is 0. The molecular formula is C14H19Cl3N2OS. The van der Waals surface area contributed by atoms with Gasteiger partial charge in [0, 0.05) is 40.6 Å². The van der Waals surface area contributed by atoms with Crippen molar-refractivity contribution in [1.29, 1.82) is 0 Å². The zero-order chi connectivity index (χ0) is 14.5. The highest BCUT2D eigenvalue weighted by Crippen LogP contribution is 2.26. The van der Waals surface area contributed by atoms with Gasteiger partial charge in [0.05, 0.1) is 6.04 Å². The van der Waals surface area contributed by atoms with Crippen LogP contribution in [-0.2, 0) is 4.79 Å². The Hall–Kier alpha value is -0.130. The van der Waals surface area contributed by atoms with Crippen LogP contribution >= 0.6 is 47.4 Å². The average molecular weight is 370 g/mol. The molecule has 1 aromatic carbocycles. The molecule has 1 heterocycles. The lowest BCUT2D eigenvalue weighted by Gasteiger charge is -2.23. The molecular weight excluding hydrogens is 351 g/mol. The number of carbonyl (C=O) groups is 1. The van der Waals surface area contributed by atoms with E-state index in [0.29, 0.717) is 16.5 Å². The summed E-state index contributed by atoms with van der Waals surface area (Å²) >= 11 is 13.9. The van der Waals surface area contributed by atoms with Gasteiger partial charge in [0.15, 0.2) is 0 Å². The monoisotopic (exact) mass is 368 g/mol. The van der Waals surface area contributed by atoms with E-state index in [1.165, 1.54) is 0 Å². The fourth-order valence-corrected chi connectivity index (χ4v) is 3.73. The number of benzene rings is 1. The SMILES string of the molecule is CC(NC(=O)CC1CSCCN1)c1ccc(Cl)cc1Cl.Cl. The predicted molar refractivity (Wildman–Crippen MR) is 94.0 cm³/mol. The maximum absolute atomic E-state index is 12.0. The molecule has 2 atom stereocenters. The number of hydrogen-bond acceptors (Lipinski definition) is 3. The van der Waals surface area contributed by atoms with Crippen molar-refractivity contribution in [1.82, 2.24) is 10.6 Å². The Balaban J connectivity index is 0.00000220. The van der Waals surface area contributed by atoms with Gasteiger partial charge < -0.3 is 10.6 Å². The van der Waals surface area contributed by atoms with E-state index in [0.717, 1.165) is 23.6 Å². The van der Waals surface area contributed by atoms with Crippen LogP contribution < -0.4 is 10.6 Å². The second kappa shape index (κ2) is 9.11. The highest BCUT2D eigenvalue weighted by molar-refractivity contribution is 7.99. The van der Waals surface area contributed by atoms with Crippen molar-refractivity contribution in [3.63, 3.8) is 0 Å². The third-order valence-corrected chi connectivity index (χ3v) is 4.93. The van der Waals surface area contributed by atoms with Crippen molar-refractivity contribution >= 4 is 53.3 Å². The van der Waals surface area contributed by atoms with Gasteiger partial charge in [-0.2, -0.15) is 11.8 Å². The van der Waals surface area contributed by atoms with Gasteiger partial charge in [-0.05, 0) is 24.6 Å². The van der Waals surface area contributed by atoms with Crippen LogP contribution in [0.25, 0.3) is 0 Å². The predicted octanol–water partition coefficient (Wildman–Crippen LogP) is 3.69. The van der Waals surface area contributed by atoms with Crippen molar-refractivity contribution in [3.05, 3.63) is 33.8 Å². The van der Waals surface area contributed by atoms with Crippen molar-refractivity contribution in [2.45, 2.75) is 25.4 Å². The van der Waals surface area contributed by atoms with E-state index in [9.17, 15) is 4.79 Å². The lowest BCUT2D eigenvalue weighted by molar-refractivity contribution is -0.122. The van der Waals surface area contributed by atoms with Crippen molar-refractivity contribution < 1.29 is 4.79 Å². The Morgan fingerprint density at radius 3 is 2.90 bits per heavy atom. The second-order valence-electron chi connectivity index (χ2n) is 4.89. The summed E-state index contributed by atoms with van der Waals surface area (Å²) in [6.07, 6.45) is 0.503. The lowest BCUT2D eigenvalue weighted by atomic mass is 10.1. The van der Waals surface area contributed by atoms with Crippen molar-refractivity contribution in [2.24, 2.45) is 0 Å². The fourth-order valence-electron chi connectivity index (χ4n) is 2.21. The molecule has 2 N–H and O–H groups in total. The van der Waals surface area contributed by atoms with Gasteiger partial charge in [-0.15, -0.1) is 12.4 Å². The minimum atomic E-state index is -0.122. The summed E-state index contributed by atoms with van der Waals surface area (Å²) in [5.41, 5.74) is 0.885. The molecule has 7 heteroatoms. The highest BCUT2D eigenvalue weighted by Gasteiger charge is 2.19. The third-order valence-electron chi connectivity index (χ3n) is 3.24. The maximum atomic E-state index is 12.0. The summed E-state index contributed by atoms with van der Waals surface area (Å²) in [6.45, 7) is 2.90. The maximum Gasteiger partial charge on any atom is 0.222 e. The van der Waals surface area contributed by atoms with Gasteiger partial charge in [-0.25, -0.2) is 0 Å². The summed E-state index contributed by atoms with van der Waals surface area (Å²) in [4.78, 5) is 12.0. The molecule has 0 saturated carbocycles. The van der Waals surface area contributed by atoms with Gasteiger partial charge in [0.2, 0.25) is 5.91 Å². The summed E-state index contributed by atoms with van der Waals surface area (Å²) in [7, 11) is 0. The summed E-state index contributed by atoms with van der Waals surface area (Å²) < 4.78 is 0. The minimum Gasteiger partial charge on any atom is -0.349 e. The molecule has 2 unspecified atom stereocenters.